The first kappa shape index (κ1) is 20.5. The predicted octanol–water partition coefficient (Wildman–Crippen LogP) is 5.19. The Morgan fingerprint density at radius 3 is 2.67 bits per heavy atom. The number of nitrogen functional groups attached to an aromatic ring is 1. The number of benzene rings is 2. The molecule has 30 heavy (non-hydrogen) atoms. The molecule has 0 bridgehead atoms. The van der Waals surface area contributed by atoms with Crippen LogP contribution in [0.1, 0.15) is 36.7 Å². The number of thioether (sulfide) groups is 1. The molecule has 0 aliphatic rings. The molecule has 0 saturated heterocycles. The maximum Gasteiger partial charge on any atom is 0.210 e. The standard InChI is InChI=1S/C22H22ClN5OS/c1-14(2)15-5-8-17(9-6-15)29-12-20-26-27-22(28(20)24)30-13-16-7-10-19(23)18-4-3-11-25-21(16)18/h3-11,14H,12-13,24H2,1-2H3. The molecule has 4 rings (SSSR count). The van der Waals surface area contributed by atoms with E-state index in [4.69, 9.17) is 22.2 Å². The van der Waals surface area contributed by atoms with Crippen molar-refractivity contribution in [3.8, 4) is 5.75 Å². The molecule has 4 aromatic rings. The van der Waals surface area contributed by atoms with Gasteiger partial charge < -0.3 is 10.6 Å². The van der Waals surface area contributed by atoms with Crippen molar-refractivity contribution < 1.29 is 4.74 Å². The molecular weight excluding hydrogens is 418 g/mol. The van der Waals surface area contributed by atoms with Gasteiger partial charge >= 0.3 is 0 Å². The van der Waals surface area contributed by atoms with Crippen LogP contribution >= 0.6 is 23.4 Å². The van der Waals surface area contributed by atoms with Crippen molar-refractivity contribution in [2.75, 3.05) is 5.84 Å². The number of aromatic nitrogens is 4. The Bertz CT molecular complexity index is 1160. The van der Waals surface area contributed by atoms with Crippen LogP contribution < -0.4 is 10.6 Å². The molecule has 2 N–H and O–H groups in total. The normalized spacial score (nSPS) is 11.3. The van der Waals surface area contributed by atoms with E-state index in [1.54, 1.807) is 6.20 Å². The van der Waals surface area contributed by atoms with Crippen LogP contribution in [0, 0.1) is 0 Å². The van der Waals surface area contributed by atoms with Gasteiger partial charge in [0.1, 0.15) is 12.4 Å². The summed E-state index contributed by atoms with van der Waals surface area (Å²) in [5.74, 6) is 8.65. The Morgan fingerprint density at radius 2 is 1.90 bits per heavy atom. The quantitative estimate of drug-likeness (QED) is 0.315. The molecule has 2 aromatic heterocycles. The van der Waals surface area contributed by atoms with Gasteiger partial charge in [0.2, 0.25) is 5.16 Å². The lowest BCUT2D eigenvalue weighted by atomic mass is 10.0. The molecule has 0 aliphatic carbocycles. The molecule has 154 valence electrons. The Morgan fingerprint density at radius 1 is 1.10 bits per heavy atom. The van der Waals surface area contributed by atoms with Gasteiger partial charge in [-0.3, -0.25) is 4.98 Å². The summed E-state index contributed by atoms with van der Waals surface area (Å²) >= 11 is 7.77. The van der Waals surface area contributed by atoms with Crippen LogP contribution in [-0.2, 0) is 12.4 Å². The van der Waals surface area contributed by atoms with Crippen molar-refractivity contribution in [2.45, 2.75) is 37.3 Å². The van der Waals surface area contributed by atoms with E-state index in [1.165, 1.54) is 22.0 Å². The summed E-state index contributed by atoms with van der Waals surface area (Å²) in [7, 11) is 0. The summed E-state index contributed by atoms with van der Waals surface area (Å²) in [5.41, 5.74) is 3.22. The smallest absolute Gasteiger partial charge is 0.210 e. The van der Waals surface area contributed by atoms with Gasteiger partial charge in [0.15, 0.2) is 5.82 Å². The molecule has 0 radical (unpaired) electrons. The first-order valence-electron chi connectivity index (χ1n) is 9.60. The molecule has 0 atom stereocenters. The fraction of sp³-hybridized carbons (Fsp3) is 0.227. The average Bonchev–Trinajstić information content (AvgIpc) is 3.12. The fourth-order valence-electron chi connectivity index (χ4n) is 3.06. The van der Waals surface area contributed by atoms with E-state index >= 15 is 0 Å². The number of pyridine rings is 1. The summed E-state index contributed by atoms with van der Waals surface area (Å²) in [4.78, 5) is 4.47. The second kappa shape index (κ2) is 8.93. The molecule has 0 saturated carbocycles. The van der Waals surface area contributed by atoms with E-state index in [2.05, 4.69) is 41.2 Å². The molecule has 0 aliphatic heterocycles. The highest BCUT2D eigenvalue weighted by molar-refractivity contribution is 7.98. The van der Waals surface area contributed by atoms with Gasteiger partial charge in [0.25, 0.3) is 0 Å². The zero-order chi connectivity index (χ0) is 21.1. The zero-order valence-electron chi connectivity index (χ0n) is 16.7. The number of hydrogen-bond acceptors (Lipinski definition) is 6. The molecule has 0 unspecified atom stereocenters. The summed E-state index contributed by atoms with van der Waals surface area (Å²) < 4.78 is 7.29. The first-order valence-corrected chi connectivity index (χ1v) is 11.0. The second-order valence-corrected chi connectivity index (χ2v) is 8.53. The fourth-order valence-corrected chi connectivity index (χ4v) is 4.13. The zero-order valence-corrected chi connectivity index (χ0v) is 18.3. The third-order valence-corrected chi connectivity index (χ3v) is 6.13. The number of ether oxygens (including phenoxy) is 1. The average molecular weight is 440 g/mol. The molecular formula is C22H22ClN5OS. The summed E-state index contributed by atoms with van der Waals surface area (Å²) in [6.07, 6.45) is 1.77. The Labute approximate surface area is 184 Å². The van der Waals surface area contributed by atoms with Crippen molar-refractivity contribution in [1.82, 2.24) is 19.9 Å². The Balaban J connectivity index is 1.42. The maximum atomic E-state index is 6.28. The van der Waals surface area contributed by atoms with Crippen molar-refractivity contribution in [3.05, 3.63) is 76.7 Å². The minimum atomic E-state index is 0.247. The van der Waals surface area contributed by atoms with Crippen molar-refractivity contribution in [3.63, 3.8) is 0 Å². The summed E-state index contributed by atoms with van der Waals surface area (Å²) in [6, 6.07) is 15.8. The third-order valence-electron chi connectivity index (χ3n) is 4.81. The van der Waals surface area contributed by atoms with Gasteiger partial charge in [-0.1, -0.05) is 55.4 Å². The first-order chi connectivity index (χ1) is 14.5. The molecule has 2 aromatic carbocycles. The van der Waals surface area contributed by atoms with Crippen LogP contribution in [0.3, 0.4) is 0 Å². The van der Waals surface area contributed by atoms with E-state index in [0.717, 1.165) is 22.2 Å². The van der Waals surface area contributed by atoms with Crippen LogP contribution in [-0.4, -0.2) is 19.9 Å². The molecule has 0 amide bonds. The monoisotopic (exact) mass is 439 g/mol. The summed E-state index contributed by atoms with van der Waals surface area (Å²) in [5, 5.41) is 10.6. The molecule has 0 spiro atoms. The minimum absolute atomic E-state index is 0.247. The Kier molecular flexibility index (Phi) is 6.11. The maximum absolute atomic E-state index is 6.28. The van der Waals surface area contributed by atoms with E-state index in [1.807, 2.05) is 36.4 Å². The van der Waals surface area contributed by atoms with Gasteiger partial charge in [0.05, 0.1) is 5.52 Å². The van der Waals surface area contributed by atoms with Crippen molar-refractivity contribution >= 4 is 34.3 Å². The minimum Gasteiger partial charge on any atom is -0.486 e. The van der Waals surface area contributed by atoms with E-state index in [-0.39, 0.29) is 6.61 Å². The SMILES string of the molecule is CC(C)c1ccc(OCc2nnc(SCc3ccc(Cl)c4cccnc34)n2N)cc1. The van der Waals surface area contributed by atoms with Gasteiger partial charge in [-0.05, 0) is 47.4 Å². The largest absolute Gasteiger partial charge is 0.486 e. The topological polar surface area (TPSA) is 78.9 Å². The van der Waals surface area contributed by atoms with Crippen LogP contribution in [0.4, 0.5) is 0 Å². The number of nitrogens with two attached hydrogens (primary N) is 1. The van der Waals surface area contributed by atoms with E-state index in [0.29, 0.717) is 27.7 Å². The number of fused-ring (bicyclic) bond motifs is 1. The van der Waals surface area contributed by atoms with Crippen molar-refractivity contribution in [2.24, 2.45) is 0 Å². The van der Waals surface area contributed by atoms with Crippen LogP contribution in [0.25, 0.3) is 10.9 Å². The van der Waals surface area contributed by atoms with Crippen LogP contribution in [0.15, 0.2) is 59.9 Å². The Hall–Kier alpha value is -2.77. The molecule has 6 nitrogen and oxygen atoms in total. The number of nitrogens with zero attached hydrogens (tertiary/aromatic N) is 4. The van der Waals surface area contributed by atoms with Gasteiger partial charge in [-0.25, -0.2) is 4.68 Å². The lowest BCUT2D eigenvalue weighted by Crippen LogP contribution is -2.15. The van der Waals surface area contributed by atoms with E-state index < -0.39 is 0 Å². The third kappa shape index (κ3) is 4.37. The van der Waals surface area contributed by atoms with Gasteiger partial charge in [-0.15, -0.1) is 10.2 Å². The van der Waals surface area contributed by atoms with Crippen molar-refractivity contribution in [1.29, 1.82) is 0 Å². The molecule has 8 heteroatoms. The van der Waals surface area contributed by atoms with Gasteiger partial charge in [-0.2, -0.15) is 0 Å². The number of halogens is 1. The molecule has 0 fully saturated rings. The summed E-state index contributed by atoms with van der Waals surface area (Å²) in [6.45, 7) is 4.57. The predicted molar refractivity (Wildman–Crippen MR) is 121 cm³/mol. The highest BCUT2D eigenvalue weighted by Crippen LogP contribution is 2.29. The van der Waals surface area contributed by atoms with Gasteiger partial charge in [0, 0.05) is 22.4 Å². The van der Waals surface area contributed by atoms with E-state index in [9.17, 15) is 0 Å². The van der Waals surface area contributed by atoms with Crippen LogP contribution in [0.5, 0.6) is 5.75 Å². The second-order valence-electron chi connectivity index (χ2n) is 7.18. The lowest BCUT2D eigenvalue weighted by molar-refractivity contribution is 0.291. The number of rotatable bonds is 7. The lowest BCUT2D eigenvalue weighted by Gasteiger charge is -2.09. The highest BCUT2D eigenvalue weighted by atomic mass is 35.5. The number of hydrogen-bond donors (Lipinski definition) is 1. The van der Waals surface area contributed by atoms with Crippen LogP contribution in [0.2, 0.25) is 5.02 Å². The highest BCUT2D eigenvalue weighted by Gasteiger charge is 2.13. The molecule has 2 heterocycles.